The van der Waals surface area contributed by atoms with Crippen molar-refractivity contribution < 1.29 is 0 Å². The van der Waals surface area contributed by atoms with Crippen LogP contribution in [0.15, 0.2) is 45.3 Å². The molecular formula is C16H17Br2N. The first-order valence-electron chi connectivity index (χ1n) is 6.26. The fraction of sp³-hybridized carbons (Fsp3) is 0.250. The Bertz CT molecular complexity index is 570. The molecule has 1 nitrogen and oxygen atoms in total. The van der Waals surface area contributed by atoms with Gasteiger partial charge in [0.1, 0.15) is 0 Å². The van der Waals surface area contributed by atoms with E-state index in [1.807, 2.05) is 6.07 Å². The van der Waals surface area contributed by atoms with Gasteiger partial charge in [0.2, 0.25) is 0 Å². The molecule has 1 unspecified atom stereocenters. The van der Waals surface area contributed by atoms with Gasteiger partial charge in [-0.2, -0.15) is 0 Å². The Kier molecular flexibility index (Phi) is 4.69. The maximum Gasteiger partial charge on any atom is 0.0486 e. The van der Waals surface area contributed by atoms with Crippen LogP contribution in [0.1, 0.15) is 29.7 Å². The third kappa shape index (κ3) is 3.61. The molecule has 0 saturated heterocycles. The van der Waals surface area contributed by atoms with E-state index in [0.717, 1.165) is 10.2 Å². The van der Waals surface area contributed by atoms with Gasteiger partial charge < -0.3 is 5.32 Å². The van der Waals surface area contributed by atoms with Crippen LogP contribution in [0.25, 0.3) is 0 Å². The highest BCUT2D eigenvalue weighted by molar-refractivity contribution is 9.10. The molecule has 0 spiro atoms. The van der Waals surface area contributed by atoms with Crippen molar-refractivity contribution in [2.75, 3.05) is 5.32 Å². The Labute approximate surface area is 131 Å². The van der Waals surface area contributed by atoms with Gasteiger partial charge in [0.05, 0.1) is 0 Å². The molecule has 0 amide bonds. The van der Waals surface area contributed by atoms with E-state index in [-0.39, 0.29) is 6.04 Å². The second-order valence-electron chi connectivity index (χ2n) is 4.85. The van der Waals surface area contributed by atoms with Gasteiger partial charge in [0.25, 0.3) is 0 Å². The van der Waals surface area contributed by atoms with E-state index in [4.69, 9.17) is 0 Å². The lowest BCUT2D eigenvalue weighted by Gasteiger charge is -2.17. The number of aryl methyl sites for hydroxylation is 2. The van der Waals surface area contributed by atoms with Crippen LogP contribution in [-0.2, 0) is 0 Å². The van der Waals surface area contributed by atoms with Gasteiger partial charge in [-0.1, -0.05) is 44.0 Å². The summed E-state index contributed by atoms with van der Waals surface area (Å²) in [5.74, 6) is 0. The normalized spacial score (nSPS) is 12.3. The Balaban J connectivity index is 2.21. The molecule has 100 valence electrons. The van der Waals surface area contributed by atoms with Gasteiger partial charge in [0.15, 0.2) is 0 Å². The first-order chi connectivity index (χ1) is 8.97. The maximum absolute atomic E-state index is 3.60. The predicted octanol–water partition coefficient (Wildman–Crippen LogP) is 6.00. The molecule has 0 aliphatic carbocycles. The van der Waals surface area contributed by atoms with Crippen molar-refractivity contribution in [2.45, 2.75) is 26.8 Å². The highest BCUT2D eigenvalue weighted by atomic mass is 79.9. The quantitative estimate of drug-likeness (QED) is 0.686. The van der Waals surface area contributed by atoms with Crippen molar-refractivity contribution in [2.24, 2.45) is 0 Å². The van der Waals surface area contributed by atoms with Crippen LogP contribution < -0.4 is 5.32 Å². The van der Waals surface area contributed by atoms with Crippen LogP contribution >= 0.6 is 31.9 Å². The molecule has 2 rings (SSSR count). The molecule has 0 heterocycles. The molecule has 1 N–H and O–H groups in total. The Hall–Kier alpha value is -0.800. The lowest BCUT2D eigenvalue weighted by Crippen LogP contribution is -2.07. The van der Waals surface area contributed by atoms with Crippen LogP contribution in [0, 0.1) is 13.8 Å². The zero-order valence-electron chi connectivity index (χ0n) is 11.3. The largest absolute Gasteiger partial charge is 0.379 e. The molecule has 2 aromatic carbocycles. The summed E-state index contributed by atoms with van der Waals surface area (Å²) in [6, 6.07) is 13.0. The predicted molar refractivity (Wildman–Crippen MR) is 89.8 cm³/mol. The molecule has 0 aliphatic heterocycles. The summed E-state index contributed by atoms with van der Waals surface area (Å²) in [5, 5.41) is 3.55. The second kappa shape index (κ2) is 6.10. The molecule has 1 atom stereocenters. The molecule has 0 fully saturated rings. The fourth-order valence-corrected chi connectivity index (χ4v) is 2.78. The summed E-state index contributed by atoms with van der Waals surface area (Å²) >= 11 is 7.11. The van der Waals surface area contributed by atoms with E-state index in [0.29, 0.717) is 0 Å². The average molecular weight is 383 g/mol. The van der Waals surface area contributed by atoms with E-state index in [1.165, 1.54) is 21.2 Å². The maximum atomic E-state index is 3.60. The minimum Gasteiger partial charge on any atom is -0.379 e. The Morgan fingerprint density at radius 2 is 1.63 bits per heavy atom. The van der Waals surface area contributed by atoms with E-state index in [1.54, 1.807) is 0 Å². The van der Waals surface area contributed by atoms with Crippen LogP contribution in [0.5, 0.6) is 0 Å². The standard InChI is InChI=1S/C16H17Br2N/c1-10-7-15(8-11(2)16(10)18)19-12(3)13-5-4-6-14(17)9-13/h4-9,12,19H,1-3H3. The van der Waals surface area contributed by atoms with E-state index in [9.17, 15) is 0 Å². The molecule has 0 bridgehead atoms. The molecule has 0 aromatic heterocycles. The number of nitrogens with one attached hydrogen (secondary N) is 1. The lowest BCUT2D eigenvalue weighted by molar-refractivity contribution is 0.883. The minimum absolute atomic E-state index is 0.275. The number of halogens is 2. The molecule has 0 aliphatic rings. The van der Waals surface area contributed by atoms with Crippen LogP contribution in [0.2, 0.25) is 0 Å². The molecule has 0 radical (unpaired) electrons. The zero-order chi connectivity index (χ0) is 14.0. The topological polar surface area (TPSA) is 12.0 Å². The Morgan fingerprint density at radius 1 is 1.00 bits per heavy atom. The van der Waals surface area contributed by atoms with Crippen LogP contribution in [0.4, 0.5) is 5.69 Å². The van der Waals surface area contributed by atoms with Gasteiger partial charge in [-0.15, -0.1) is 0 Å². The summed E-state index contributed by atoms with van der Waals surface area (Å²) in [5.41, 5.74) is 4.94. The van der Waals surface area contributed by atoms with Gasteiger partial charge in [-0.3, -0.25) is 0 Å². The smallest absolute Gasteiger partial charge is 0.0486 e. The number of anilines is 1. The molecular weight excluding hydrogens is 366 g/mol. The minimum atomic E-state index is 0.275. The van der Waals surface area contributed by atoms with Gasteiger partial charge in [-0.25, -0.2) is 0 Å². The first kappa shape index (κ1) is 14.6. The summed E-state index contributed by atoms with van der Waals surface area (Å²) in [4.78, 5) is 0. The van der Waals surface area contributed by atoms with E-state index >= 15 is 0 Å². The molecule has 19 heavy (non-hydrogen) atoms. The van der Waals surface area contributed by atoms with Crippen molar-refractivity contribution in [1.82, 2.24) is 0 Å². The molecule has 3 heteroatoms. The first-order valence-corrected chi connectivity index (χ1v) is 7.84. The third-order valence-electron chi connectivity index (χ3n) is 3.17. The monoisotopic (exact) mass is 381 g/mol. The highest BCUT2D eigenvalue weighted by Gasteiger charge is 2.08. The fourth-order valence-electron chi connectivity index (χ4n) is 2.14. The van der Waals surface area contributed by atoms with E-state index < -0.39 is 0 Å². The Morgan fingerprint density at radius 3 is 2.21 bits per heavy atom. The van der Waals surface area contributed by atoms with E-state index in [2.05, 4.69) is 88.3 Å². The zero-order valence-corrected chi connectivity index (χ0v) is 14.5. The highest BCUT2D eigenvalue weighted by Crippen LogP contribution is 2.28. The number of hydrogen-bond donors (Lipinski definition) is 1. The van der Waals surface area contributed by atoms with Crippen molar-refractivity contribution >= 4 is 37.5 Å². The van der Waals surface area contributed by atoms with Crippen molar-refractivity contribution in [1.29, 1.82) is 0 Å². The van der Waals surface area contributed by atoms with Gasteiger partial charge in [0, 0.05) is 20.7 Å². The SMILES string of the molecule is Cc1cc(NC(C)c2cccc(Br)c2)cc(C)c1Br. The summed E-state index contributed by atoms with van der Waals surface area (Å²) in [6.45, 7) is 6.41. The van der Waals surface area contributed by atoms with Crippen molar-refractivity contribution in [3.05, 3.63) is 62.0 Å². The summed E-state index contributed by atoms with van der Waals surface area (Å²) in [7, 11) is 0. The summed E-state index contributed by atoms with van der Waals surface area (Å²) in [6.07, 6.45) is 0. The number of benzene rings is 2. The number of rotatable bonds is 3. The van der Waals surface area contributed by atoms with Crippen LogP contribution in [0.3, 0.4) is 0 Å². The summed E-state index contributed by atoms with van der Waals surface area (Å²) < 4.78 is 2.30. The lowest BCUT2D eigenvalue weighted by atomic mass is 10.1. The molecule has 0 saturated carbocycles. The molecule has 2 aromatic rings. The van der Waals surface area contributed by atoms with Gasteiger partial charge in [-0.05, 0) is 61.7 Å². The third-order valence-corrected chi connectivity index (χ3v) is 4.91. The second-order valence-corrected chi connectivity index (χ2v) is 6.55. The average Bonchev–Trinajstić information content (AvgIpc) is 2.36. The van der Waals surface area contributed by atoms with Crippen LogP contribution in [-0.4, -0.2) is 0 Å². The number of hydrogen-bond acceptors (Lipinski definition) is 1. The van der Waals surface area contributed by atoms with Crippen molar-refractivity contribution in [3.8, 4) is 0 Å². The van der Waals surface area contributed by atoms with Gasteiger partial charge >= 0.3 is 0 Å². The van der Waals surface area contributed by atoms with Crippen molar-refractivity contribution in [3.63, 3.8) is 0 Å².